The lowest BCUT2D eigenvalue weighted by atomic mass is 10.1. The Balaban J connectivity index is 2.38. The van der Waals surface area contributed by atoms with Gasteiger partial charge in [0.1, 0.15) is 6.29 Å². The van der Waals surface area contributed by atoms with Gasteiger partial charge >= 0.3 is 0 Å². The summed E-state index contributed by atoms with van der Waals surface area (Å²) in [4.78, 5) is 10.7. The highest BCUT2D eigenvalue weighted by atomic mass is 16.1. The van der Waals surface area contributed by atoms with Gasteiger partial charge < -0.3 is 0 Å². The van der Waals surface area contributed by atoms with Crippen LogP contribution in [-0.2, 0) is 0 Å². The molecule has 0 radical (unpaired) electrons. The van der Waals surface area contributed by atoms with Crippen molar-refractivity contribution in [3.8, 4) is 11.1 Å². The Hall–Kier alpha value is -1.90. The molecule has 0 saturated heterocycles. The molecule has 0 bridgehead atoms. The number of rotatable bonds is 3. The van der Waals surface area contributed by atoms with E-state index in [9.17, 15) is 4.79 Å². The smallest absolute Gasteiger partial charge is 0.150 e. The summed E-state index contributed by atoms with van der Waals surface area (Å²) >= 11 is 0. The van der Waals surface area contributed by atoms with Crippen LogP contribution in [0, 0.1) is 0 Å². The molecule has 3 nitrogen and oxygen atoms in total. The van der Waals surface area contributed by atoms with Crippen LogP contribution < -0.4 is 0 Å². The van der Waals surface area contributed by atoms with Crippen LogP contribution in [0.2, 0.25) is 0 Å². The highest BCUT2D eigenvalue weighted by Gasteiger charge is 2.04. The van der Waals surface area contributed by atoms with Gasteiger partial charge in [0, 0.05) is 23.4 Å². The zero-order chi connectivity index (χ0) is 11.5. The summed E-state index contributed by atoms with van der Waals surface area (Å²) in [5.74, 6) is 0. The van der Waals surface area contributed by atoms with Crippen LogP contribution in [-0.4, -0.2) is 16.1 Å². The fourth-order valence-corrected chi connectivity index (χ4v) is 1.56. The van der Waals surface area contributed by atoms with Crippen molar-refractivity contribution in [1.82, 2.24) is 9.78 Å². The molecule has 1 heterocycles. The molecule has 0 N–H and O–H groups in total. The maximum Gasteiger partial charge on any atom is 0.150 e. The van der Waals surface area contributed by atoms with E-state index in [1.165, 1.54) is 0 Å². The molecule has 16 heavy (non-hydrogen) atoms. The van der Waals surface area contributed by atoms with Gasteiger partial charge in [-0.05, 0) is 25.5 Å². The third kappa shape index (κ3) is 2.03. The van der Waals surface area contributed by atoms with Gasteiger partial charge in [-0.25, -0.2) is 0 Å². The molecule has 0 unspecified atom stereocenters. The largest absolute Gasteiger partial charge is 0.298 e. The second-order valence-electron chi connectivity index (χ2n) is 4.05. The minimum absolute atomic E-state index is 0.350. The monoisotopic (exact) mass is 214 g/mol. The predicted octanol–water partition coefficient (Wildman–Crippen LogP) is 2.94. The first kappa shape index (κ1) is 10.6. The van der Waals surface area contributed by atoms with Crippen LogP contribution in [0.15, 0.2) is 36.7 Å². The molecule has 2 rings (SSSR count). The maximum absolute atomic E-state index is 10.7. The van der Waals surface area contributed by atoms with Crippen molar-refractivity contribution in [2.45, 2.75) is 19.9 Å². The second-order valence-corrected chi connectivity index (χ2v) is 4.05. The molecule has 0 amide bonds. The second kappa shape index (κ2) is 4.31. The number of aldehydes is 1. The normalized spacial score (nSPS) is 10.7. The summed E-state index contributed by atoms with van der Waals surface area (Å²) in [5.41, 5.74) is 2.75. The topological polar surface area (TPSA) is 34.9 Å². The number of carbonyl (C=O) groups is 1. The first-order valence-electron chi connectivity index (χ1n) is 5.30. The van der Waals surface area contributed by atoms with E-state index in [0.29, 0.717) is 11.6 Å². The van der Waals surface area contributed by atoms with Crippen molar-refractivity contribution in [1.29, 1.82) is 0 Å². The molecule has 1 aromatic heterocycles. The van der Waals surface area contributed by atoms with Crippen LogP contribution in [0.1, 0.15) is 30.2 Å². The Bertz CT molecular complexity index is 500. The van der Waals surface area contributed by atoms with E-state index in [4.69, 9.17) is 0 Å². The minimum atomic E-state index is 0.350. The van der Waals surface area contributed by atoms with Gasteiger partial charge in [0.25, 0.3) is 0 Å². The van der Waals surface area contributed by atoms with Gasteiger partial charge in [-0.1, -0.05) is 18.2 Å². The molecule has 0 fully saturated rings. The van der Waals surface area contributed by atoms with Gasteiger partial charge in [0.2, 0.25) is 0 Å². The average Bonchev–Trinajstić information content (AvgIpc) is 2.78. The quantitative estimate of drug-likeness (QED) is 0.736. The minimum Gasteiger partial charge on any atom is -0.298 e. The first-order chi connectivity index (χ1) is 7.70. The lowest BCUT2D eigenvalue weighted by Gasteiger charge is -2.03. The number of nitrogens with zero attached hydrogens (tertiary/aromatic N) is 2. The third-order valence-corrected chi connectivity index (χ3v) is 2.49. The Labute approximate surface area is 94.7 Å². The molecular weight excluding hydrogens is 200 g/mol. The highest BCUT2D eigenvalue weighted by molar-refractivity contribution is 5.78. The molecule has 0 aliphatic rings. The summed E-state index contributed by atoms with van der Waals surface area (Å²) in [5, 5.41) is 4.28. The van der Waals surface area contributed by atoms with Crippen LogP contribution in [0.3, 0.4) is 0 Å². The third-order valence-electron chi connectivity index (χ3n) is 2.49. The maximum atomic E-state index is 10.7. The number of benzene rings is 1. The van der Waals surface area contributed by atoms with Gasteiger partial charge in [0.15, 0.2) is 0 Å². The van der Waals surface area contributed by atoms with Gasteiger partial charge in [-0.3, -0.25) is 9.48 Å². The highest BCUT2D eigenvalue weighted by Crippen LogP contribution is 2.20. The summed E-state index contributed by atoms with van der Waals surface area (Å²) in [7, 11) is 0. The van der Waals surface area contributed by atoms with E-state index in [-0.39, 0.29) is 0 Å². The lowest BCUT2D eigenvalue weighted by Crippen LogP contribution is -1.99. The molecule has 82 valence electrons. The van der Waals surface area contributed by atoms with Crippen molar-refractivity contribution < 1.29 is 4.79 Å². The molecule has 1 aromatic carbocycles. The van der Waals surface area contributed by atoms with E-state index in [0.717, 1.165) is 17.4 Å². The molecule has 0 atom stereocenters. The van der Waals surface area contributed by atoms with Gasteiger partial charge in [-0.2, -0.15) is 5.10 Å². The van der Waals surface area contributed by atoms with Crippen LogP contribution >= 0.6 is 0 Å². The van der Waals surface area contributed by atoms with E-state index in [2.05, 4.69) is 18.9 Å². The van der Waals surface area contributed by atoms with Gasteiger partial charge in [-0.15, -0.1) is 0 Å². The number of hydrogen-bond donors (Lipinski definition) is 0. The molecule has 0 spiro atoms. The van der Waals surface area contributed by atoms with E-state index in [1.54, 1.807) is 6.07 Å². The Morgan fingerprint density at radius 3 is 2.75 bits per heavy atom. The Kier molecular flexibility index (Phi) is 2.86. The van der Waals surface area contributed by atoms with Crippen LogP contribution in [0.25, 0.3) is 11.1 Å². The predicted molar refractivity (Wildman–Crippen MR) is 63.4 cm³/mol. The Morgan fingerprint density at radius 1 is 1.31 bits per heavy atom. The number of aromatic nitrogens is 2. The van der Waals surface area contributed by atoms with Crippen molar-refractivity contribution >= 4 is 6.29 Å². The van der Waals surface area contributed by atoms with Crippen molar-refractivity contribution in [3.05, 3.63) is 42.2 Å². The lowest BCUT2D eigenvalue weighted by molar-refractivity contribution is 0.112. The molecular formula is C13H14N2O. The SMILES string of the molecule is CC(C)n1cc(-c2cccc(C=O)c2)cn1. The van der Waals surface area contributed by atoms with Crippen LogP contribution in [0.5, 0.6) is 0 Å². The van der Waals surface area contributed by atoms with Crippen molar-refractivity contribution in [2.24, 2.45) is 0 Å². The molecule has 3 heteroatoms. The Morgan fingerprint density at radius 2 is 2.12 bits per heavy atom. The fraction of sp³-hybridized carbons (Fsp3) is 0.231. The summed E-state index contributed by atoms with van der Waals surface area (Å²) in [6.07, 6.45) is 4.68. The van der Waals surface area contributed by atoms with Crippen LogP contribution in [0.4, 0.5) is 0 Å². The first-order valence-corrected chi connectivity index (χ1v) is 5.30. The zero-order valence-electron chi connectivity index (χ0n) is 9.42. The molecule has 0 aliphatic carbocycles. The molecule has 0 saturated carbocycles. The van der Waals surface area contributed by atoms with Crippen molar-refractivity contribution in [2.75, 3.05) is 0 Å². The summed E-state index contributed by atoms with van der Waals surface area (Å²) in [6.45, 7) is 4.16. The molecule has 2 aromatic rings. The number of hydrogen-bond acceptors (Lipinski definition) is 2. The van der Waals surface area contributed by atoms with E-state index in [1.807, 2.05) is 35.3 Å². The summed E-state index contributed by atoms with van der Waals surface area (Å²) < 4.78 is 1.91. The average molecular weight is 214 g/mol. The molecule has 0 aliphatic heterocycles. The summed E-state index contributed by atoms with van der Waals surface area (Å²) in [6, 6.07) is 7.88. The number of carbonyl (C=O) groups excluding carboxylic acids is 1. The zero-order valence-corrected chi connectivity index (χ0v) is 9.42. The van der Waals surface area contributed by atoms with Crippen molar-refractivity contribution in [3.63, 3.8) is 0 Å². The van der Waals surface area contributed by atoms with Gasteiger partial charge in [0.05, 0.1) is 6.20 Å². The van der Waals surface area contributed by atoms with E-state index >= 15 is 0 Å². The standard InChI is InChI=1S/C13H14N2O/c1-10(2)15-8-13(7-14-15)12-5-3-4-11(6-12)9-16/h3-10H,1-2H3. The fourth-order valence-electron chi connectivity index (χ4n) is 1.56. The van der Waals surface area contributed by atoms with E-state index < -0.39 is 0 Å².